The van der Waals surface area contributed by atoms with E-state index in [0.717, 1.165) is 6.42 Å². The molecule has 0 saturated heterocycles. The maximum absolute atomic E-state index is 13.1. The Balaban J connectivity index is 2.40. The van der Waals surface area contributed by atoms with Gasteiger partial charge in [-0.1, -0.05) is 19.1 Å². The van der Waals surface area contributed by atoms with Gasteiger partial charge in [0.15, 0.2) is 18.2 Å². The number of para-hydroxylation sites is 1. The summed E-state index contributed by atoms with van der Waals surface area (Å²) >= 11 is 0. The molecule has 0 fully saturated rings. The summed E-state index contributed by atoms with van der Waals surface area (Å²) < 4.78 is 18.2. The molecule has 1 atom stereocenters. The molecule has 0 heterocycles. The van der Waals surface area contributed by atoms with Gasteiger partial charge in [0, 0.05) is 6.04 Å². The summed E-state index contributed by atoms with van der Waals surface area (Å²) in [5.74, 6) is -0.599. The zero-order chi connectivity index (χ0) is 12.0. The Labute approximate surface area is 94.6 Å². The Hall–Kier alpha value is -1.58. The van der Waals surface area contributed by atoms with Crippen molar-refractivity contribution in [2.45, 2.75) is 26.3 Å². The van der Waals surface area contributed by atoms with E-state index in [9.17, 15) is 9.18 Å². The van der Waals surface area contributed by atoms with Crippen LogP contribution in [0.2, 0.25) is 0 Å². The fourth-order valence-corrected chi connectivity index (χ4v) is 1.12. The third-order valence-corrected chi connectivity index (χ3v) is 2.22. The number of benzene rings is 1. The SMILES string of the molecule is CC[C@H](C)NC(=O)COc1ccccc1F. The maximum atomic E-state index is 13.1. The van der Waals surface area contributed by atoms with E-state index in [1.165, 1.54) is 12.1 Å². The number of hydrogen-bond donors (Lipinski definition) is 1. The average molecular weight is 225 g/mol. The van der Waals surface area contributed by atoms with Gasteiger partial charge >= 0.3 is 0 Å². The molecule has 0 aromatic heterocycles. The molecular weight excluding hydrogens is 209 g/mol. The molecule has 1 aromatic rings. The van der Waals surface area contributed by atoms with Crippen molar-refractivity contribution in [3.8, 4) is 5.75 Å². The van der Waals surface area contributed by atoms with Crippen LogP contribution in [0.5, 0.6) is 5.75 Å². The molecule has 4 heteroatoms. The van der Waals surface area contributed by atoms with Gasteiger partial charge in [0.25, 0.3) is 5.91 Å². The van der Waals surface area contributed by atoms with E-state index in [1.807, 2.05) is 13.8 Å². The molecular formula is C12H16FNO2. The second kappa shape index (κ2) is 6.10. The van der Waals surface area contributed by atoms with Gasteiger partial charge in [0.1, 0.15) is 0 Å². The third kappa shape index (κ3) is 3.88. The molecule has 0 aliphatic rings. The van der Waals surface area contributed by atoms with Crippen molar-refractivity contribution in [2.24, 2.45) is 0 Å². The fraction of sp³-hybridized carbons (Fsp3) is 0.417. The van der Waals surface area contributed by atoms with Crippen molar-refractivity contribution in [1.29, 1.82) is 0 Å². The molecule has 16 heavy (non-hydrogen) atoms. The highest BCUT2D eigenvalue weighted by Gasteiger charge is 2.07. The Morgan fingerprint density at radius 2 is 2.19 bits per heavy atom. The monoisotopic (exact) mass is 225 g/mol. The number of carbonyl (C=O) groups is 1. The van der Waals surface area contributed by atoms with Crippen LogP contribution in [-0.4, -0.2) is 18.6 Å². The zero-order valence-electron chi connectivity index (χ0n) is 9.50. The van der Waals surface area contributed by atoms with E-state index in [-0.39, 0.29) is 24.3 Å². The second-order valence-corrected chi connectivity index (χ2v) is 3.60. The van der Waals surface area contributed by atoms with Gasteiger partial charge in [0.05, 0.1) is 0 Å². The lowest BCUT2D eigenvalue weighted by Crippen LogP contribution is -2.35. The predicted molar refractivity (Wildman–Crippen MR) is 59.8 cm³/mol. The number of hydrogen-bond acceptors (Lipinski definition) is 2. The van der Waals surface area contributed by atoms with Gasteiger partial charge in [-0.25, -0.2) is 4.39 Å². The molecule has 0 radical (unpaired) electrons. The summed E-state index contributed by atoms with van der Waals surface area (Å²) in [5, 5.41) is 2.73. The van der Waals surface area contributed by atoms with Gasteiger partial charge in [-0.15, -0.1) is 0 Å². The van der Waals surface area contributed by atoms with Crippen LogP contribution in [0.4, 0.5) is 4.39 Å². The molecule has 0 bridgehead atoms. The van der Waals surface area contributed by atoms with Crippen LogP contribution >= 0.6 is 0 Å². The predicted octanol–water partition coefficient (Wildman–Crippen LogP) is 2.12. The molecule has 3 nitrogen and oxygen atoms in total. The first-order valence-electron chi connectivity index (χ1n) is 5.30. The molecule has 0 saturated carbocycles. The molecule has 0 unspecified atom stereocenters. The maximum Gasteiger partial charge on any atom is 0.258 e. The van der Waals surface area contributed by atoms with Crippen LogP contribution in [0.3, 0.4) is 0 Å². The van der Waals surface area contributed by atoms with E-state index in [1.54, 1.807) is 12.1 Å². The van der Waals surface area contributed by atoms with Crippen LogP contribution in [0.25, 0.3) is 0 Å². The largest absolute Gasteiger partial charge is 0.481 e. The van der Waals surface area contributed by atoms with E-state index in [0.29, 0.717) is 0 Å². The number of nitrogens with one attached hydrogen (secondary N) is 1. The minimum atomic E-state index is -0.459. The lowest BCUT2D eigenvalue weighted by molar-refractivity contribution is -0.123. The van der Waals surface area contributed by atoms with Crippen molar-refractivity contribution >= 4 is 5.91 Å². The van der Waals surface area contributed by atoms with Crippen molar-refractivity contribution in [2.75, 3.05) is 6.61 Å². The highest BCUT2D eigenvalue weighted by Crippen LogP contribution is 2.14. The minimum Gasteiger partial charge on any atom is -0.481 e. The van der Waals surface area contributed by atoms with Crippen LogP contribution < -0.4 is 10.1 Å². The Morgan fingerprint density at radius 3 is 2.81 bits per heavy atom. The first kappa shape index (κ1) is 12.5. The van der Waals surface area contributed by atoms with Crippen molar-refractivity contribution in [1.82, 2.24) is 5.32 Å². The van der Waals surface area contributed by atoms with Crippen molar-refractivity contribution < 1.29 is 13.9 Å². The first-order chi connectivity index (χ1) is 7.63. The Morgan fingerprint density at radius 1 is 1.50 bits per heavy atom. The van der Waals surface area contributed by atoms with E-state index in [4.69, 9.17) is 4.74 Å². The quantitative estimate of drug-likeness (QED) is 0.833. The molecule has 1 rings (SSSR count). The van der Waals surface area contributed by atoms with Gasteiger partial charge in [0.2, 0.25) is 0 Å². The van der Waals surface area contributed by atoms with E-state index < -0.39 is 5.82 Å². The van der Waals surface area contributed by atoms with E-state index >= 15 is 0 Å². The summed E-state index contributed by atoms with van der Waals surface area (Å²) in [7, 11) is 0. The van der Waals surface area contributed by atoms with Gasteiger partial charge in [-0.3, -0.25) is 4.79 Å². The summed E-state index contributed by atoms with van der Waals surface area (Å²) in [6, 6.07) is 6.12. The number of ether oxygens (including phenoxy) is 1. The highest BCUT2D eigenvalue weighted by atomic mass is 19.1. The molecule has 0 aliphatic carbocycles. The third-order valence-electron chi connectivity index (χ3n) is 2.22. The molecule has 1 amide bonds. The number of rotatable bonds is 5. The van der Waals surface area contributed by atoms with Crippen LogP contribution in [0, 0.1) is 5.82 Å². The zero-order valence-corrected chi connectivity index (χ0v) is 9.50. The summed E-state index contributed by atoms with van der Waals surface area (Å²) in [6.45, 7) is 3.72. The lowest BCUT2D eigenvalue weighted by Gasteiger charge is -2.12. The van der Waals surface area contributed by atoms with Gasteiger partial charge < -0.3 is 10.1 Å². The Bertz CT molecular complexity index is 355. The summed E-state index contributed by atoms with van der Waals surface area (Å²) in [4.78, 5) is 11.3. The molecule has 0 aliphatic heterocycles. The molecule has 1 aromatic carbocycles. The molecule has 0 spiro atoms. The van der Waals surface area contributed by atoms with Crippen LogP contribution in [0.1, 0.15) is 20.3 Å². The van der Waals surface area contributed by atoms with Crippen LogP contribution in [-0.2, 0) is 4.79 Å². The number of amides is 1. The highest BCUT2D eigenvalue weighted by molar-refractivity contribution is 5.77. The van der Waals surface area contributed by atoms with Crippen LogP contribution in [0.15, 0.2) is 24.3 Å². The molecule has 88 valence electrons. The first-order valence-corrected chi connectivity index (χ1v) is 5.30. The smallest absolute Gasteiger partial charge is 0.258 e. The van der Waals surface area contributed by atoms with Gasteiger partial charge in [-0.2, -0.15) is 0 Å². The lowest BCUT2D eigenvalue weighted by atomic mass is 10.2. The summed E-state index contributed by atoms with van der Waals surface area (Å²) in [6.07, 6.45) is 0.853. The average Bonchev–Trinajstić information content (AvgIpc) is 2.28. The Kier molecular flexibility index (Phi) is 4.76. The topological polar surface area (TPSA) is 38.3 Å². The van der Waals surface area contributed by atoms with Gasteiger partial charge in [-0.05, 0) is 25.5 Å². The molecule has 1 N–H and O–H groups in total. The number of halogens is 1. The van der Waals surface area contributed by atoms with Crippen molar-refractivity contribution in [3.05, 3.63) is 30.1 Å². The summed E-state index contributed by atoms with van der Waals surface area (Å²) in [5.41, 5.74) is 0. The normalized spacial score (nSPS) is 11.9. The van der Waals surface area contributed by atoms with Crippen molar-refractivity contribution in [3.63, 3.8) is 0 Å². The number of carbonyl (C=O) groups excluding carboxylic acids is 1. The van der Waals surface area contributed by atoms with E-state index in [2.05, 4.69) is 5.32 Å². The minimum absolute atomic E-state index is 0.0989. The fourth-order valence-electron chi connectivity index (χ4n) is 1.12. The second-order valence-electron chi connectivity index (χ2n) is 3.60. The standard InChI is InChI=1S/C12H16FNO2/c1-3-9(2)14-12(15)8-16-11-7-5-4-6-10(11)13/h4-7,9H,3,8H2,1-2H3,(H,14,15)/t9-/m0/s1.